The van der Waals surface area contributed by atoms with Crippen molar-refractivity contribution in [3.8, 4) is 0 Å². The van der Waals surface area contributed by atoms with Crippen molar-refractivity contribution in [1.82, 2.24) is 5.32 Å². The molecule has 5 nitrogen and oxygen atoms in total. The SMILES string of the molecule is CC(O)(CNC(=O)c1ccc(C(F)(F)F)cc1)CC(=O)O. The number of carboxylic acid groups (broad SMARTS) is 1. The van der Waals surface area contributed by atoms with E-state index in [1.807, 2.05) is 0 Å². The van der Waals surface area contributed by atoms with Gasteiger partial charge < -0.3 is 15.5 Å². The second-order valence-corrected chi connectivity index (χ2v) is 4.83. The van der Waals surface area contributed by atoms with Gasteiger partial charge in [0, 0.05) is 12.1 Å². The number of carbonyl (C=O) groups is 2. The number of benzene rings is 1. The average molecular weight is 305 g/mol. The monoisotopic (exact) mass is 305 g/mol. The minimum atomic E-state index is -4.49. The third-order valence-electron chi connectivity index (χ3n) is 2.64. The van der Waals surface area contributed by atoms with Crippen molar-refractivity contribution in [2.24, 2.45) is 0 Å². The van der Waals surface area contributed by atoms with Crippen molar-refractivity contribution in [2.45, 2.75) is 25.1 Å². The van der Waals surface area contributed by atoms with Crippen LogP contribution in [-0.2, 0) is 11.0 Å². The smallest absolute Gasteiger partial charge is 0.416 e. The Kier molecular flexibility index (Phi) is 4.95. The number of aliphatic hydroxyl groups is 1. The van der Waals surface area contributed by atoms with E-state index in [4.69, 9.17) is 5.11 Å². The molecule has 0 spiro atoms. The van der Waals surface area contributed by atoms with Crippen molar-refractivity contribution in [3.05, 3.63) is 35.4 Å². The van der Waals surface area contributed by atoms with Crippen molar-refractivity contribution in [1.29, 1.82) is 0 Å². The predicted molar refractivity (Wildman–Crippen MR) is 66.7 cm³/mol. The van der Waals surface area contributed by atoms with Gasteiger partial charge in [-0.15, -0.1) is 0 Å². The fourth-order valence-electron chi connectivity index (χ4n) is 1.57. The molecule has 0 aliphatic carbocycles. The van der Waals surface area contributed by atoms with E-state index < -0.39 is 35.6 Å². The molecule has 0 heterocycles. The van der Waals surface area contributed by atoms with Gasteiger partial charge in [-0.2, -0.15) is 13.2 Å². The minimum Gasteiger partial charge on any atom is -0.481 e. The van der Waals surface area contributed by atoms with Gasteiger partial charge in [-0.05, 0) is 31.2 Å². The molecule has 8 heteroatoms. The van der Waals surface area contributed by atoms with Gasteiger partial charge >= 0.3 is 12.1 Å². The third kappa shape index (κ3) is 5.42. The van der Waals surface area contributed by atoms with E-state index in [-0.39, 0.29) is 12.1 Å². The van der Waals surface area contributed by atoms with Crippen LogP contribution < -0.4 is 5.32 Å². The van der Waals surface area contributed by atoms with Crippen molar-refractivity contribution < 1.29 is 33.0 Å². The fraction of sp³-hybridized carbons (Fsp3) is 0.385. The Bertz CT molecular complexity index is 523. The first kappa shape index (κ1) is 17.0. The lowest BCUT2D eigenvalue weighted by Gasteiger charge is -2.21. The summed E-state index contributed by atoms with van der Waals surface area (Å²) < 4.78 is 37.1. The van der Waals surface area contributed by atoms with Gasteiger partial charge in [-0.3, -0.25) is 9.59 Å². The molecular weight excluding hydrogens is 291 g/mol. The zero-order valence-electron chi connectivity index (χ0n) is 11.1. The highest BCUT2D eigenvalue weighted by Gasteiger charge is 2.30. The van der Waals surface area contributed by atoms with E-state index in [0.29, 0.717) is 0 Å². The van der Waals surface area contributed by atoms with Crippen LogP contribution in [0.15, 0.2) is 24.3 Å². The van der Waals surface area contributed by atoms with E-state index in [2.05, 4.69) is 5.32 Å². The molecule has 0 fully saturated rings. The number of carboxylic acids is 1. The summed E-state index contributed by atoms with van der Waals surface area (Å²) in [6, 6.07) is 3.54. The Hall–Kier alpha value is -2.09. The highest BCUT2D eigenvalue weighted by molar-refractivity contribution is 5.94. The van der Waals surface area contributed by atoms with Crippen LogP contribution in [0.1, 0.15) is 29.3 Å². The molecule has 1 rings (SSSR count). The Morgan fingerprint density at radius 1 is 1.19 bits per heavy atom. The molecule has 1 aromatic rings. The summed E-state index contributed by atoms with van der Waals surface area (Å²) in [5.41, 5.74) is -2.54. The highest BCUT2D eigenvalue weighted by Crippen LogP contribution is 2.29. The summed E-state index contributed by atoms with van der Waals surface area (Å²) in [6.45, 7) is 0.896. The van der Waals surface area contributed by atoms with E-state index in [1.54, 1.807) is 0 Å². The van der Waals surface area contributed by atoms with Crippen LogP contribution in [0, 0.1) is 0 Å². The number of carbonyl (C=O) groups excluding carboxylic acids is 1. The Morgan fingerprint density at radius 2 is 1.71 bits per heavy atom. The number of hydrogen-bond acceptors (Lipinski definition) is 3. The van der Waals surface area contributed by atoms with E-state index in [9.17, 15) is 27.9 Å². The molecule has 0 radical (unpaired) electrons. The molecule has 1 atom stereocenters. The molecule has 0 saturated carbocycles. The molecule has 0 saturated heterocycles. The lowest BCUT2D eigenvalue weighted by atomic mass is 10.0. The number of alkyl halides is 3. The standard InChI is InChI=1S/C13H14F3NO4/c1-12(21,6-10(18)19)7-17-11(20)8-2-4-9(5-3-8)13(14,15)16/h2-5,21H,6-7H2,1H3,(H,17,20)(H,18,19). The lowest BCUT2D eigenvalue weighted by Crippen LogP contribution is -2.42. The topological polar surface area (TPSA) is 86.6 Å². The Balaban J connectivity index is 2.66. The maximum atomic E-state index is 12.4. The van der Waals surface area contributed by atoms with Gasteiger partial charge in [0.2, 0.25) is 0 Å². The summed E-state index contributed by atoms with van der Waals surface area (Å²) in [5.74, 6) is -1.93. The Labute approximate surface area is 118 Å². The molecule has 1 unspecified atom stereocenters. The summed E-state index contributed by atoms with van der Waals surface area (Å²) in [6.07, 6.45) is -5.06. The van der Waals surface area contributed by atoms with Gasteiger partial charge in [0.15, 0.2) is 0 Å². The maximum absolute atomic E-state index is 12.4. The first-order valence-electron chi connectivity index (χ1n) is 5.91. The molecule has 0 bridgehead atoms. The number of nitrogens with one attached hydrogen (secondary N) is 1. The molecule has 21 heavy (non-hydrogen) atoms. The molecule has 1 amide bonds. The number of amides is 1. The summed E-state index contributed by atoms with van der Waals surface area (Å²) in [4.78, 5) is 22.2. The van der Waals surface area contributed by atoms with Crippen LogP contribution in [0.25, 0.3) is 0 Å². The Morgan fingerprint density at radius 3 is 2.14 bits per heavy atom. The van der Waals surface area contributed by atoms with Crippen LogP contribution in [0.5, 0.6) is 0 Å². The summed E-state index contributed by atoms with van der Waals surface area (Å²) in [7, 11) is 0. The molecule has 0 aliphatic heterocycles. The van der Waals surface area contributed by atoms with Crippen molar-refractivity contribution in [3.63, 3.8) is 0 Å². The maximum Gasteiger partial charge on any atom is 0.416 e. The van der Waals surface area contributed by atoms with Crippen LogP contribution in [0.4, 0.5) is 13.2 Å². The molecular formula is C13H14F3NO4. The normalized spacial score (nSPS) is 14.3. The first-order chi connectivity index (χ1) is 9.51. The van der Waals surface area contributed by atoms with E-state index in [0.717, 1.165) is 24.3 Å². The fourth-order valence-corrected chi connectivity index (χ4v) is 1.57. The second-order valence-electron chi connectivity index (χ2n) is 4.83. The highest BCUT2D eigenvalue weighted by atomic mass is 19.4. The number of hydrogen-bond donors (Lipinski definition) is 3. The largest absolute Gasteiger partial charge is 0.481 e. The summed E-state index contributed by atoms with van der Waals surface area (Å²) >= 11 is 0. The zero-order chi connectivity index (χ0) is 16.3. The van der Waals surface area contributed by atoms with Crippen molar-refractivity contribution >= 4 is 11.9 Å². The molecule has 0 aromatic heterocycles. The molecule has 116 valence electrons. The third-order valence-corrected chi connectivity index (χ3v) is 2.64. The minimum absolute atomic E-state index is 0.0193. The molecule has 1 aromatic carbocycles. The summed E-state index contributed by atoms with van der Waals surface area (Å²) in [5, 5.41) is 20.5. The second kappa shape index (κ2) is 6.13. The molecule has 0 aliphatic rings. The number of aliphatic carboxylic acids is 1. The number of halogens is 3. The van der Waals surface area contributed by atoms with Crippen LogP contribution >= 0.6 is 0 Å². The van der Waals surface area contributed by atoms with Gasteiger partial charge in [0.25, 0.3) is 5.91 Å². The van der Waals surface area contributed by atoms with Gasteiger partial charge in [0.1, 0.15) is 0 Å². The van der Waals surface area contributed by atoms with Crippen LogP contribution in [0.2, 0.25) is 0 Å². The molecule has 3 N–H and O–H groups in total. The predicted octanol–water partition coefficient (Wildman–Crippen LogP) is 1.66. The van der Waals surface area contributed by atoms with Crippen LogP contribution in [0.3, 0.4) is 0 Å². The lowest BCUT2D eigenvalue weighted by molar-refractivity contribution is -0.141. The van der Waals surface area contributed by atoms with Gasteiger partial charge in [-0.25, -0.2) is 0 Å². The zero-order valence-corrected chi connectivity index (χ0v) is 11.1. The van der Waals surface area contributed by atoms with Gasteiger partial charge in [0.05, 0.1) is 17.6 Å². The van der Waals surface area contributed by atoms with Crippen molar-refractivity contribution in [2.75, 3.05) is 6.54 Å². The average Bonchev–Trinajstić information content (AvgIpc) is 2.33. The first-order valence-corrected chi connectivity index (χ1v) is 5.91. The quantitative estimate of drug-likeness (QED) is 0.772. The van der Waals surface area contributed by atoms with E-state index >= 15 is 0 Å². The van der Waals surface area contributed by atoms with E-state index in [1.165, 1.54) is 6.92 Å². The van der Waals surface area contributed by atoms with Crippen LogP contribution in [-0.4, -0.2) is 34.2 Å². The number of rotatable bonds is 5. The van der Waals surface area contributed by atoms with Gasteiger partial charge in [-0.1, -0.05) is 0 Å².